The summed E-state index contributed by atoms with van der Waals surface area (Å²) in [7, 11) is -3.28. The van der Waals surface area contributed by atoms with Crippen LogP contribution in [-0.4, -0.2) is 61.3 Å². The van der Waals surface area contributed by atoms with Gasteiger partial charge in [-0.05, 0) is 31.4 Å². The van der Waals surface area contributed by atoms with Gasteiger partial charge in [-0.15, -0.1) is 0 Å². The van der Waals surface area contributed by atoms with Crippen molar-refractivity contribution in [2.24, 2.45) is 0 Å². The third kappa shape index (κ3) is 6.35. The number of piperidine rings is 1. The number of alkyl halides is 3. The molecule has 1 aliphatic rings. The van der Waals surface area contributed by atoms with Crippen LogP contribution in [-0.2, 0) is 10.0 Å². The zero-order valence-corrected chi connectivity index (χ0v) is 15.6. The number of carbonyl (C=O) groups is 1. The number of ether oxygens (including phenoxy) is 1. The maximum absolute atomic E-state index is 12.4. The second-order valence-corrected chi connectivity index (χ2v) is 8.31. The van der Waals surface area contributed by atoms with E-state index in [0.29, 0.717) is 19.3 Å². The molecule has 1 N–H and O–H groups in total. The molecule has 0 unspecified atom stereocenters. The van der Waals surface area contributed by atoms with Crippen LogP contribution in [0, 0.1) is 0 Å². The van der Waals surface area contributed by atoms with E-state index in [-0.39, 0.29) is 30.4 Å². The maximum Gasteiger partial charge on any atom is 0.422 e. The van der Waals surface area contributed by atoms with E-state index in [0.717, 1.165) is 0 Å². The lowest BCUT2D eigenvalue weighted by molar-refractivity contribution is -0.154. The van der Waals surface area contributed by atoms with Crippen LogP contribution in [0.25, 0.3) is 0 Å². The Kier molecular flexibility index (Phi) is 7.04. The number of pyridine rings is 1. The topological polar surface area (TPSA) is 88.6 Å². The van der Waals surface area contributed by atoms with Crippen molar-refractivity contribution in [2.45, 2.75) is 38.4 Å². The molecule has 0 aromatic carbocycles. The molecule has 1 fully saturated rings. The fourth-order valence-corrected chi connectivity index (χ4v) is 4.30. The molecule has 7 nitrogen and oxygen atoms in total. The average molecular weight is 409 g/mol. The smallest absolute Gasteiger partial charge is 0.422 e. The average Bonchev–Trinajstić information content (AvgIpc) is 2.60. The molecular formula is C16H22F3N3O4S. The Bertz CT molecular complexity index is 748. The third-order valence-electron chi connectivity index (χ3n) is 4.03. The molecule has 0 spiro atoms. The summed E-state index contributed by atoms with van der Waals surface area (Å²) in [5.41, 5.74) is -0.0946. The number of nitrogens with one attached hydrogen (secondary N) is 1. The first-order chi connectivity index (χ1) is 12.6. The minimum atomic E-state index is -4.54. The van der Waals surface area contributed by atoms with E-state index in [1.54, 1.807) is 6.92 Å². The lowest BCUT2D eigenvalue weighted by Gasteiger charge is -2.31. The summed E-state index contributed by atoms with van der Waals surface area (Å²) < 4.78 is 67.1. The monoisotopic (exact) mass is 409 g/mol. The molecule has 0 aliphatic carbocycles. The van der Waals surface area contributed by atoms with E-state index in [2.05, 4.69) is 15.0 Å². The minimum absolute atomic E-state index is 0.0830. The molecule has 11 heteroatoms. The summed E-state index contributed by atoms with van der Waals surface area (Å²) >= 11 is 0. The molecule has 1 aliphatic heterocycles. The first-order valence-corrected chi connectivity index (χ1v) is 10.2. The Morgan fingerprint density at radius 1 is 1.37 bits per heavy atom. The van der Waals surface area contributed by atoms with Crippen LogP contribution in [0.5, 0.6) is 5.88 Å². The highest BCUT2D eigenvalue weighted by Crippen LogP contribution is 2.21. The number of hydrogen-bond acceptors (Lipinski definition) is 5. The largest absolute Gasteiger partial charge is 0.467 e. The number of rotatable bonds is 7. The van der Waals surface area contributed by atoms with Crippen LogP contribution in [0.4, 0.5) is 13.2 Å². The molecule has 0 radical (unpaired) electrons. The molecule has 0 saturated carbocycles. The van der Waals surface area contributed by atoms with Crippen molar-refractivity contribution < 1.29 is 31.1 Å². The minimum Gasteiger partial charge on any atom is -0.467 e. The fraction of sp³-hybridized carbons (Fsp3) is 0.625. The highest BCUT2D eigenvalue weighted by Gasteiger charge is 2.31. The number of sulfonamides is 1. The Balaban J connectivity index is 1.95. The molecule has 0 bridgehead atoms. The number of halogens is 3. The van der Waals surface area contributed by atoms with E-state index in [1.165, 1.54) is 22.6 Å². The Morgan fingerprint density at radius 2 is 2.04 bits per heavy atom. The normalized spacial score (nSPS) is 16.9. The van der Waals surface area contributed by atoms with Crippen molar-refractivity contribution in [3.63, 3.8) is 0 Å². The second-order valence-electron chi connectivity index (χ2n) is 6.22. The first-order valence-electron chi connectivity index (χ1n) is 8.55. The van der Waals surface area contributed by atoms with Gasteiger partial charge in [0, 0.05) is 25.3 Å². The number of hydrogen-bond donors (Lipinski definition) is 1. The number of nitrogens with zero attached hydrogens (tertiary/aromatic N) is 2. The molecule has 2 rings (SSSR count). The molecule has 1 aromatic rings. The summed E-state index contributed by atoms with van der Waals surface area (Å²) in [4.78, 5) is 16.1. The van der Waals surface area contributed by atoms with Gasteiger partial charge < -0.3 is 10.1 Å². The van der Waals surface area contributed by atoms with Crippen molar-refractivity contribution >= 4 is 15.9 Å². The molecule has 2 heterocycles. The summed E-state index contributed by atoms with van der Waals surface area (Å²) in [6.45, 7) is 0.824. The Morgan fingerprint density at radius 3 is 2.63 bits per heavy atom. The highest BCUT2D eigenvalue weighted by atomic mass is 32.2. The molecule has 1 saturated heterocycles. The first kappa shape index (κ1) is 21.4. The van der Waals surface area contributed by atoms with Gasteiger partial charge in [-0.2, -0.15) is 13.2 Å². The summed E-state index contributed by atoms with van der Waals surface area (Å²) in [6, 6.07) is 2.48. The van der Waals surface area contributed by atoms with Gasteiger partial charge in [-0.1, -0.05) is 6.92 Å². The predicted octanol–water partition coefficient (Wildman–Crippen LogP) is 1.96. The van der Waals surface area contributed by atoms with Crippen molar-refractivity contribution in [1.82, 2.24) is 14.6 Å². The molecule has 1 aromatic heterocycles. The van der Waals surface area contributed by atoms with E-state index < -0.39 is 34.6 Å². The molecular weight excluding hydrogens is 387 g/mol. The molecule has 27 heavy (non-hydrogen) atoms. The van der Waals surface area contributed by atoms with Crippen LogP contribution < -0.4 is 10.1 Å². The van der Waals surface area contributed by atoms with Gasteiger partial charge in [0.1, 0.15) is 5.56 Å². The van der Waals surface area contributed by atoms with Gasteiger partial charge >= 0.3 is 6.18 Å². The second kappa shape index (κ2) is 8.87. The lowest BCUT2D eigenvalue weighted by atomic mass is 10.1. The van der Waals surface area contributed by atoms with Crippen LogP contribution in [0.1, 0.15) is 36.5 Å². The lowest BCUT2D eigenvalue weighted by Crippen LogP contribution is -2.47. The van der Waals surface area contributed by atoms with Crippen molar-refractivity contribution in [3.05, 3.63) is 23.9 Å². The van der Waals surface area contributed by atoms with Gasteiger partial charge in [-0.3, -0.25) is 4.79 Å². The summed E-state index contributed by atoms with van der Waals surface area (Å²) in [5.74, 6) is -0.912. The number of aromatic nitrogens is 1. The van der Waals surface area contributed by atoms with Crippen LogP contribution in [0.3, 0.4) is 0 Å². The molecule has 0 atom stereocenters. The molecule has 152 valence electrons. The van der Waals surface area contributed by atoms with Crippen molar-refractivity contribution in [2.75, 3.05) is 25.4 Å². The zero-order valence-electron chi connectivity index (χ0n) is 14.8. The van der Waals surface area contributed by atoms with Crippen molar-refractivity contribution in [1.29, 1.82) is 0 Å². The number of carbonyl (C=O) groups excluding carboxylic acids is 1. The maximum atomic E-state index is 12.4. The van der Waals surface area contributed by atoms with Gasteiger partial charge in [-0.25, -0.2) is 17.7 Å². The van der Waals surface area contributed by atoms with Gasteiger partial charge in [0.05, 0.1) is 5.75 Å². The van der Waals surface area contributed by atoms with E-state index in [4.69, 9.17) is 0 Å². The predicted molar refractivity (Wildman–Crippen MR) is 91.9 cm³/mol. The fourth-order valence-electron chi connectivity index (χ4n) is 2.76. The Hall–Kier alpha value is -1.88. The Labute approximate surface area is 156 Å². The SMILES string of the molecule is CCCS(=O)(=O)N1CCC(NC(=O)c2cccnc2OCC(F)(F)F)CC1. The number of amides is 1. The standard InChI is InChI=1S/C16H22F3N3O4S/c1-2-10-27(24,25)22-8-5-12(6-9-22)21-14(23)13-4-3-7-20-15(13)26-11-16(17,18)19/h3-4,7,12H,2,5-6,8-11H2,1H3,(H,21,23). The van der Waals surface area contributed by atoms with Crippen LogP contribution in [0.2, 0.25) is 0 Å². The summed E-state index contributed by atoms with van der Waals surface area (Å²) in [6.07, 6.45) is -1.93. The highest BCUT2D eigenvalue weighted by molar-refractivity contribution is 7.89. The van der Waals surface area contributed by atoms with E-state index >= 15 is 0 Å². The van der Waals surface area contributed by atoms with E-state index in [1.807, 2.05) is 0 Å². The zero-order chi connectivity index (χ0) is 20.1. The van der Waals surface area contributed by atoms with E-state index in [9.17, 15) is 26.4 Å². The molecule has 1 amide bonds. The third-order valence-corrected chi connectivity index (χ3v) is 6.11. The summed E-state index contributed by atoms with van der Waals surface area (Å²) in [5, 5.41) is 2.72. The van der Waals surface area contributed by atoms with Crippen LogP contribution in [0.15, 0.2) is 18.3 Å². The van der Waals surface area contributed by atoms with Crippen molar-refractivity contribution in [3.8, 4) is 5.88 Å². The van der Waals surface area contributed by atoms with Gasteiger partial charge in [0.15, 0.2) is 6.61 Å². The van der Waals surface area contributed by atoms with Gasteiger partial charge in [0.25, 0.3) is 5.91 Å². The quantitative estimate of drug-likeness (QED) is 0.744. The van der Waals surface area contributed by atoms with Crippen LogP contribution >= 0.6 is 0 Å². The van der Waals surface area contributed by atoms with Gasteiger partial charge in [0.2, 0.25) is 15.9 Å².